The zero-order valence-electron chi connectivity index (χ0n) is 12.0. The van der Waals surface area contributed by atoms with Gasteiger partial charge in [0.05, 0.1) is 15.5 Å². The molecule has 8 nitrogen and oxygen atoms in total. The first-order chi connectivity index (χ1) is 11.5. The number of halogens is 1. The first kappa shape index (κ1) is 15.9. The Morgan fingerprint density at radius 1 is 1.21 bits per heavy atom. The predicted molar refractivity (Wildman–Crippen MR) is 86.1 cm³/mol. The third-order valence-corrected chi connectivity index (χ3v) is 4.61. The number of benzene rings is 1. The summed E-state index contributed by atoms with van der Waals surface area (Å²) in [4.78, 5) is 7.88. The van der Waals surface area contributed by atoms with Crippen LogP contribution >= 0.6 is 11.6 Å². The summed E-state index contributed by atoms with van der Waals surface area (Å²) >= 11 is 5.86. The van der Waals surface area contributed by atoms with Crippen molar-refractivity contribution in [1.29, 1.82) is 5.26 Å². The number of hydrogen-bond donors (Lipinski definition) is 1. The highest BCUT2D eigenvalue weighted by Gasteiger charge is 2.18. The lowest BCUT2D eigenvalue weighted by Gasteiger charge is -2.05. The second kappa shape index (κ2) is 6.27. The molecule has 3 aromatic rings. The van der Waals surface area contributed by atoms with Crippen LogP contribution in [0.5, 0.6) is 0 Å². The van der Waals surface area contributed by atoms with Gasteiger partial charge in [-0.2, -0.15) is 10.2 Å². The summed E-state index contributed by atoms with van der Waals surface area (Å²) in [6, 6.07) is 10.9. The number of sulfonamides is 1. The summed E-state index contributed by atoms with van der Waals surface area (Å²) in [6.07, 6.45) is 2.92. The molecule has 0 aliphatic heterocycles. The van der Waals surface area contributed by atoms with Gasteiger partial charge in [-0.3, -0.25) is 0 Å². The number of aromatic nitrogens is 4. The van der Waals surface area contributed by atoms with Gasteiger partial charge in [-0.05, 0) is 30.3 Å². The number of pyridine rings is 1. The first-order valence-corrected chi connectivity index (χ1v) is 8.41. The van der Waals surface area contributed by atoms with Crippen molar-refractivity contribution in [1.82, 2.24) is 19.7 Å². The molecule has 0 aliphatic carbocycles. The fourth-order valence-corrected chi connectivity index (χ4v) is 3.10. The zero-order valence-corrected chi connectivity index (χ0v) is 13.5. The highest BCUT2D eigenvalue weighted by atomic mass is 35.5. The number of anilines is 1. The molecular weight excluding hydrogens is 352 g/mol. The number of nitrogens with one attached hydrogen (secondary N) is 1. The van der Waals surface area contributed by atoms with Crippen molar-refractivity contribution in [2.75, 3.05) is 4.72 Å². The Morgan fingerprint density at radius 2 is 2.04 bits per heavy atom. The molecule has 0 amide bonds. The highest BCUT2D eigenvalue weighted by Crippen LogP contribution is 2.21. The zero-order chi connectivity index (χ0) is 17.2. The molecule has 2 heterocycles. The molecule has 120 valence electrons. The average Bonchev–Trinajstić information content (AvgIpc) is 3.03. The molecule has 1 aromatic carbocycles. The number of nitriles is 1. The van der Waals surface area contributed by atoms with E-state index >= 15 is 0 Å². The first-order valence-electron chi connectivity index (χ1n) is 6.55. The summed E-state index contributed by atoms with van der Waals surface area (Å²) in [6.45, 7) is 0. The summed E-state index contributed by atoms with van der Waals surface area (Å²) < 4.78 is 28.3. The van der Waals surface area contributed by atoms with E-state index in [4.69, 9.17) is 16.9 Å². The Balaban J connectivity index is 1.87. The van der Waals surface area contributed by atoms with Crippen molar-refractivity contribution in [3.8, 4) is 11.9 Å². The molecule has 0 aliphatic rings. The minimum Gasteiger partial charge on any atom is -0.246 e. The van der Waals surface area contributed by atoms with Crippen LogP contribution in [0.4, 0.5) is 5.95 Å². The van der Waals surface area contributed by atoms with Gasteiger partial charge in [-0.25, -0.2) is 22.8 Å². The van der Waals surface area contributed by atoms with Crippen LogP contribution in [0.1, 0.15) is 5.56 Å². The number of hydrogen-bond acceptors (Lipinski definition) is 6. The van der Waals surface area contributed by atoms with Gasteiger partial charge in [-0.1, -0.05) is 17.7 Å². The summed E-state index contributed by atoms with van der Waals surface area (Å²) in [5, 5.41) is 12.9. The molecule has 0 unspecified atom stereocenters. The number of nitrogens with zero attached hydrogens (tertiary/aromatic N) is 5. The maximum atomic E-state index is 12.3. The Morgan fingerprint density at radius 3 is 2.71 bits per heavy atom. The molecule has 0 radical (unpaired) electrons. The molecule has 2 aromatic heterocycles. The van der Waals surface area contributed by atoms with Crippen molar-refractivity contribution in [3.05, 3.63) is 59.5 Å². The molecule has 1 N–H and O–H groups in total. The molecule has 3 rings (SSSR count). The molecule has 0 atom stereocenters. The van der Waals surface area contributed by atoms with Crippen LogP contribution in [-0.2, 0) is 10.0 Å². The van der Waals surface area contributed by atoms with Gasteiger partial charge >= 0.3 is 0 Å². The van der Waals surface area contributed by atoms with E-state index in [-0.39, 0.29) is 21.4 Å². The predicted octanol–water partition coefficient (Wildman–Crippen LogP) is 1.99. The molecule has 0 fully saturated rings. The Kier molecular flexibility index (Phi) is 4.16. The Labute approximate surface area is 142 Å². The summed E-state index contributed by atoms with van der Waals surface area (Å²) in [5.74, 6) is 0.387. The van der Waals surface area contributed by atoms with Gasteiger partial charge in [0.1, 0.15) is 12.4 Å². The van der Waals surface area contributed by atoms with E-state index in [1.54, 1.807) is 24.4 Å². The minimum absolute atomic E-state index is 0.0485. The Hall–Kier alpha value is -2.96. The van der Waals surface area contributed by atoms with Gasteiger partial charge in [0, 0.05) is 6.20 Å². The standard InChI is InChI=1S/C14H9ClN6O2S/c15-12-7-11(5-4-10(12)8-16)24(22,23)20-14-18-9-21(19-14)13-3-1-2-6-17-13/h1-7,9H,(H,19,20). The molecular formula is C14H9ClN6O2S. The van der Waals surface area contributed by atoms with Gasteiger partial charge in [0.25, 0.3) is 16.0 Å². The van der Waals surface area contributed by atoms with E-state index in [0.29, 0.717) is 5.82 Å². The summed E-state index contributed by atoms with van der Waals surface area (Å²) in [7, 11) is -3.93. The van der Waals surface area contributed by atoms with Crippen LogP contribution in [0, 0.1) is 11.3 Å². The van der Waals surface area contributed by atoms with Crippen LogP contribution in [0.3, 0.4) is 0 Å². The maximum Gasteiger partial charge on any atom is 0.264 e. The van der Waals surface area contributed by atoms with Crippen molar-refractivity contribution in [2.45, 2.75) is 4.90 Å². The van der Waals surface area contributed by atoms with Crippen LogP contribution in [0.2, 0.25) is 5.02 Å². The van der Waals surface area contributed by atoms with Crippen LogP contribution in [0.15, 0.2) is 53.8 Å². The fraction of sp³-hybridized carbons (Fsp3) is 0. The van der Waals surface area contributed by atoms with E-state index in [1.807, 2.05) is 6.07 Å². The van der Waals surface area contributed by atoms with E-state index in [1.165, 1.54) is 29.2 Å². The smallest absolute Gasteiger partial charge is 0.246 e. The molecule has 0 spiro atoms. The molecule has 0 saturated carbocycles. The van der Waals surface area contributed by atoms with Crippen LogP contribution < -0.4 is 4.72 Å². The summed E-state index contributed by atoms with van der Waals surface area (Å²) in [5.41, 5.74) is 0.188. The highest BCUT2D eigenvalue weighted by molar-refractivity contribution is 7.92. The van der Waals surface area contributed by atoms with Crippen LogP contribution in [0.25, 0.3) is 5.82 Å². The normalized spacial score (nSPS) is 11.0. The largest absolute Gasteiger partial charge is 0.264 e. The molecule has 0 bridgehead atoms. The van der Waals surface area contributed by atoms with Crippen molar-refractivity contribution >= 4 is 27.6 Å². The van der Waals surface area contributed by atoms with E-state index in [9.17, 15) is 8.42 Å². The minimum atomic E-state index is -3.93. The third-order valence-electron chi connectivity index (χ3n) is 2.97. The molecule has 0 saturated heterocycles. The van der Waals surface area contributed by atoms with Crippen molar-refractivity contribution in [3.63, 3.8) is 0 Å². The van der Waals surface area contributed by atoms with Crippen LogP contribution in [-0.4, -0.2) is 28.2 Å². The molecule has 24 heavy (non-hydrogen) atoms. The van der Waals surface area contributed by atoms with Gasteiger partial charge in [0.15, 0.2) is 5.82 Å². The average molecular weight is 361 g/mol. The quantitative estimate of drug-likeness (QED) is 0.761. The lowest BCUT2D eigenvalue weighted by atomic mass is 10.2. The van der Waals surface area contributed by atoms with Gasteiger partial charge in [-0.15, -0.1) is 5.10 Å². The topological polar surface area (TPSA) is 114 Å². The Bertz CT molecular complexity index is 1030. The van der Waals surface area contributed by atoms with Crippen molar-refractivity contribution in [2.24, 2.45) is 0 Å². The van der Waals surface area contributed by atoms with E-state index in [2.05, 4.69) is 19.8 Å². The second-order valence-corrected chi connectivity index (χ2v) is 6.65. The lowest BCUT2D eigenvalue weighted by molar-refractivity contribution is 0.600. The van der Waals surface area contributed by atoms with Gasteiger partial charge in [0.2, 0.25) is 0 Å². The van der Waals surface area contributed by atoms with Gasteiger partial charge < -0.3 is 0 Å². The molecule has 10 heteroatoms. The second-order valence-electron chi connectivity index (χ2n) is 4.56. The SMILES string of the molecule is N#Cc1ccc(S(=O)(=O)Nc2ncn(-c3ccccn3)n2)cc1Cl. The number of rotatable bonds is 4. The van der Waals surface area contributed by atoms with Crippen molar-refractivity contribution < 1.29 is 8.42 Å². The monoisotopic (exact) mass is 360 g/mol. The van der Waals surface area contributed by atoms with E-state index < -0.39 is 10.0 Å². The van der Waals surface area contributed by atoms with E-state index in [0.717, 1.165) is 0 Å². The lowest BCUT2D eigenvalue weighted by Crippen LogP contribution is -2.14. The fourth-order valence-electron chi connectivity index (χ4n) is 1.84. The third kappa shape index (κ3) is 3.19. The maximum absolute atomic E-state index is 12.3.